The van der Waals surface area contributed by atoms with Crippen LogP contribution in [0.2, 0.25) is 0 Å². The van der Waals surface area contributed by atoms with Crippen LogP contribution in [0, 0.1) is 0 Å². The van der Waals surface area contributed by atoms with Crippen molar-refractivity contribution in [2.24, 2.45) is 0 Å². The Hall–Kier alpha value is -4.40. The van der Waals surface area contributed by atoms with E-state index in [0.717, 1.165) is 30.6 Å². The largest absolute Gasteiger partial charge is 0.478 e. The van der Waals surface area contributed by atoms with E-state index in [0.29, 0.717) is 23.0 Å². The van der Waals surface area contributed by atoms with E-state index < -0.39 is 17.8 Å². The van der Waals surface area contributed by atoms with Crippen LogP contribution >= 0.6 is 0 Å². The summed E-state index contributed by atoms with van der Waals surface area (Å²) in [6.45, 7) is 2.65. The van der Waals surface area contributed by atoms with E-state index in [4.69, 9.17) is 0 Å². The molecule has 4 N–H and O–H groups in total. The number of nitrogens with one attached hydrogen (secondary N) is 2. The Kier molecular flexibility index (Phi) is 8.39. The van der Waals surface area contributed by atoms with E-state index in [9.17, 15) is 29.4 Å². The molecule has 0 heterocycles. The second-order valence-electron chi connectivity index (χ2n) is 7.89. The van der Waals surface area contributed by atoms with Crippen LogP contribution < -0.4 is 15.5 Å². The van der Waals surface area contributed by atoms with Crippen LogP contribution in [-0.4, -0.2) is 40.6 Å². The molecule has 9 heteroatoms. The van der Waals surface area contributed by atoms with Gasteiger partial charge in [0.05, 0.1) is 22.6 Å². The highest BCUT2D eigenvalue weighted by molar-refractivity contribution is 6.40. The molecule has 182 valence electrons. The number of carboxylic acids is 2. The number of amides is 3. The first kappa shape index (κ1) is 25.2. The molecule has 35 heavy (non-hydrogen) atoms. The zero-order valence-electron chi connectivity index (χ0n) is 19.3. The summed E-state index contributed by atoms with van der Waals surface area (Å²) in [5, 5.41) is 25.7. The van der Waals surface area contributed by atoms with Crippen LogP contribution in [0.25, 0.3) is 10.8 Å². The third-order valence-corrected chi connectivity index (χ3v) is 5.47. The number of aliphatic carboxylic acids is 1. The molecular formula is C26H27N3O6. The fourth-order valence-electron chi connectivity index (χ4n) is 3.80. The summed E-state index contributed by atoms with van der Waals surface area (Å²) in [5.41, 5.74) is 0.329. The molecule has 0 aliphatic carbocycles. The Balaban J connectivity index is 2.02. The summed E-state index contributed by atoms with van der Waals surface area (Å²) in [6.07, 6.45) is 4.10. The zero-order valence-corrected chi connectivity index (χ0v) is 19.3. The second kappa shape index (κ2) is 11.6. The third-order valence-electron chi connectivity index (χ3n) is 5.47. The fourth-order valence-corrected chi connectivity index (χ4v) is 3.80. The zero-order chi connectivity index (χ0) is 25.4. The molecule has 0 bridgehead atoms. The van der Waals surface area contributed by atoms with E-state index in [2.05, 4.69) is 17.6 Å². The monoisotopic (exact) mass is 477 g/mol. The Bertz CT molecular complexity index is 1260. The van der Waals surface area contributed by atoms with Gasteiger partial charge in [-0.2, -0.15) is 0 Å². The smallest absolute Gasteiger partial charge is 0.395 e. The standard InChI is InChI=1S/C26H27N3O6/c1-2-3-4-9-16-27-26(35)28-20-14-15-22(18-11-6-5-10-17(18)20)29(23(30)25(33)34)21-13-8-7-12-19(21)24(31)32/h5-8,10-15H,2-4,9,16H2,1H3,(H,31,32)(H,33,34)(H2,27,28,35). The SMILES string of the molecule is CCCCCCNC(=O)Nc1ccc(N(C(=O)C(=O)O)c2ccccc2C(=O)O)c2ccccc12. The van der Waals surface area contributed by atoms with Crippen molar-refractivity contribution in [3.05, 3.63) is 66.2 Å². The number of benzene rings is 3. The quantitative estimate of drug-likeness (QED) is 0.253. The molecule has 0 spiro atoms. The van der Waals surface area contributed by atoms with Crippen LogP contribution in [0.1, 0.15) is 43.0 Å². The molecule has 0 atom stereocenters. The maximum atomic E-state index is 12.8. The van der Waals surface area contributed by atoms with E-state index in [1.165, 1.54) is 30.3 Å². The number of carboxylic acid groups (broad SMARTS) is 2. The number of hydrogen-bond donors (Lipinski definition) is 4. The average Bonchev–Trinajstić information content (AvgIpc) is 2.85. The van der Waals surface area contributed by atoms with Gasteiger partial charge < -0.3 is 20.8 Å². The predicted molar refractivity (Wildman–Crippen MR) is 133 cm³/mol. The molecule has 9 nitrogen and oxygen atoms in total. The van der Waals surface area contributed by atoms with Crippen LogP contribution in [0.15, 0.2) is 60.7 Å². The van der Waals surface area contributed by atoms with Crippen LogP contribution in [0.5, 0.6) is 0 Å². The maximum Gasteiger partial charge on any atom is 0.395 e. The number of unbranched alkanes of at least 4 members (excludes halogenated alkanes) is 3. The number of hydrogen-bond acceptors (Lipinski definition) is 4. The molecule has 0 aliphatic rings. The van der Waals surface area contributed by atoms with Crippen molar-refractivity contribution in [1.82, 2.24) is 5.32 Å². The van der Waals surface area contributed by atoms with E-state index in [1.54, 1.807) is 30.3 Å². The lowest BCUT2D eigenvalue weighted by atomic mass is 10.0. The molecule has 3 aromatic rings. The topological polar surface area (TPSA) is 136 Å². The van der Waals surface area contributed by atoms with Gasteiger partial charge in [0.15, 0.2) is 0 Å². The summed E-state index contributed by atoms with van der Waals surface area (Å²) in [6, 6.07) is 15.2. The minimum Gasteiger partial charge on any atom is -0.478 e. The summed E-state index contributed by atoms with van der Waals surface area (Å²) in [7, 11) is 0. The van der Waals surface area contributed by atoms with Crippen molar-refractivity contribution in [3.8, 4) is 0 Å². The minimum absolute atomic E-state index is 0.0805. The molecule has 0 fully saturated rings. The lowest BCUT2D eigenvalue weighted by molar-refractivity contribution is -0.148. The van der Waals surface area contributed by atoms with Gasteiger partial charge in [-0.05, 0) is 30.7 Å². The Morgan fingerprint density at radius 3 is 2.17 bits per heavy atom. The molecule has 0 aliphatic heterocycles. The fraction of sp³-hybridized carbons (Fsp3) is 0.231. The van der Waals surface area contributed by atoms with Gasteiger partial charge in [0.2, 0.25) is 0 Å². The molecule has 0 unspecified atom stereocenters. The Morgan fingerprint density at radius 1 is 0.800 bits per heavy atom. The molecule has 0 saturated heterocycles. The van der Waals surface area contributed by atoms with Crippen molar-refractivity contribution in [1.29, 1.82) is 0 Å². The predicted octanol–water partition coefficient (Wildman–Crippen LogP) is 4.99. The van der Waals surface area contributed by atoms with Crippen molar-refractivity contribution < 1.29 is 29.4 Å². The second-order valence-corrected chi connectivity index (χ2v) is 7.89. The lowest BCUT2D eigenvalue weighted by Crippen LogP contribution is -2.34. The van der Waals surface area contributed by atoms with Crippen molar-refractivity contribution in [3.63, 3.8) is 0 Å². The summed E-state index contributed by atoms with van der Waals surface area (Å²) in [5.74, 6) is -4.35. The van der Waals surface area contributed by atoms with Gasteiger partial charge in [0.25, 0.3) is 0 Å². The van der Waals surface area contributed by atoms with E-state index >= 15 is 0 Å². The Morgan fingerprint density at radius 2 is 1.49 bits per heavy atom. The number of carbonyl (C=O) groups is 4. The highest BCUT2D eigenvalue weighted by Gasteiger charge is 2.29. The summed E-state index contributed by atoms with van der Waals surface area (Å²) in [4.78, 5) is 49.5. The molecular weight excluding hydrogens is 450 g/mol. The minimum atomic E-state index is -1.74. The summed E-state index contributed by atoms with van der Waals surface area (Å²) >= 11 is 0. The molecule has 3 rings (SSSR count). The first-order valence-corrected chi connectivity index (χ1v) is 11.3. The number of aromatic carboxylic acids is 1. The third kappa shape index (κ3) is 5.94. The normalized spacial score (nSPS) is 10.5. The van der Waals surface area contributed by atoms with Gasteiger partial charge >= 0.3 is 23.9 Å². The van der Waals surface area contributed by atoms with Crippen molar-refractivity contribution >= 4 is 51.7 Å². The number of carbonyl (C=O) groups excluding carboxylic acids is 2. The first-order chi connectivity index (χ1) is 16.8. The highest BCUT2D eigenvalue weighted by Crippen LogP contribution is 2.37. The van der Waals surface area contributed by atoms with Crippen LogP contribution in [-0.2, 0) is 9.59 Å². The van der Waals surface area contributed by atoms with Crippen molar-refractivity contribution in [2.45, 2.75) is 32.6 Å². The van der Waals surface area contributed by atoms with Gasteiger partial charge in [0.1, 0.15) is 0 Å². The van der Waals surface area contributed by atoms with Crippen LogP contribution in [0.4, 0.5) is 21.9 Å². The number of nitrogens with zero attached hydrogens (tertiary/aromatic N) is 1. The van der Waals surface area contributed by atoms with Gasteiger partial charge in [-0.15, -0.1) is 0 Å². The number of urea groups is 1. The van der Waals surface area contributed by atoms with Gasteiger partial charge in [0, 0.05) is 17.3 Å². The maximum absolute atomic E-state index is 12.8. The first-order valence-electron chi connectivity index (χ1n) is 11.3. The highest BCUT2D eigenvalue weighted by atomic mass is 16.4. The summed E-state index contributed by atoms with van der Waals surface area (Å²) < 4.78 is 0. The molecule has 0 radical (unpaired) electrons. The van der Waals surface area contributed by atoms with E-state index in [-0.39, 0.29) is 23.0 Å². The number of fused-ring (bicyclic) bond motifs is 1. The number of para-hydroxylation sites is 1. The lowest BCUT2D eigenvalue weighted by Gasteiger charge is -2.25. The van der Waals surface area contributed by atoms with Crippen molar-refractivity contribution in [2.75, 3.05) is 16.8 Å². The van der Waals surface area contributed by atoms with Gasteiger partial charge in [-0.3, -0.25) is 9.69 Å². The molecule has 0 saturated carbocycles. The van der Waals surface area contributed by atoms with Gasteiger partial charge in [-0.1, -0.05) is 62.6 Å². The molecule has 3 amide bonds. The Labute approximate surface area is 202 Å². The van der Waals surface area contributed by atoms with Gasteiger partial charge in [-0.25, -0.2) is 14.4 Å². The molecule has 0 aromatic heterocycles. The number of anilines is 3. The van der Waals surface area contributed by atoms with Crippen LogP contribution in [0.3, 0.4) is 0 Å². The number of rotatable bonds is 9. The average molecular weight is 478 g/mol. The van der Waals surface area contributed by atoms with E-state index in [1.807, 2.05) is 0 Å². The molecule has 3 aromatic carbocycles.